The molecule has 1 heterocycles. The fourth-order valence-electron chi connectivity index (χ4n) is 2.12. The van der Waals surface area contributed by atoms with Gasteiger partial charge in [-0.2, -0.15) is 0 Å². The van der Waals surface area contributed by atoms with Crippen molar-refractivity contribution >= 4 is 5.84 Å². The van der Waals surface area contributed by atoms with Gasteiger partial charge in [0, 0.05) is 11.8 Å². The largest absolute Gasteiger partial charge is 0.493 e. The highest BCUT2D eigenvalue weighted by molar-refractivity contribution is 5.98. The van der Waals surface area contributed by atoms with Gasteiger partial charge in [-0.1, -0.05) is 32.6 Å². The molecule has 0 atom stereocenters. The van der Waals surface area contributed by atoms with Crippen molar-refractivity contribution in [2.45, 2.75) is 52.9 Å². The number of amidine groups is 1. The lowest BCUT2D eigenvalue weighted by atomic mass is 10.1. The zero-order valence-electron chi connectivity index (χ0n) is 12.3. The van der Waals surface area contributed by atoms with Gasteiger partial charge >= 0.3 is 0 Å². The average Bonchev–Trinajstić information content (AvgIpc) is 2.32. The highest BCUT2D eigenvalue weighted by Crippen LogP contribution is 2.22. The highest BCUT2D eigenvalue weighted by atomic mass is 16.5. The van der Waals surface area contributed by atoms with Crippen molar-refractivity contribution in [3.05, 3.63) is 23.0 Å². The summed E-state index contributed by atoms with van der Waals surface area (Å²) >= 11 is 0. The van der Waals surface area contributed by atoms with E-state index in [4.69, 9.17) is 15.9 Å². The zero-order chi connectivity index (χ0) is 14.3. The Hall–Kier alpha value is -1.58. The van der Waals surface area contributed by atoms with E-state index in [1.54, 1.807) is 0 Å². The number of unbranched alkanes of at least 4 members (excludes halogenated alkanes) is 4. The number of nitrogens with zero attached hydrogens (tertiary/aromatic N) is 1. The first-order valence-electron chi connectivity index (χ1n) is 7.01. The molecule has 19 heavy (non-hydrogen) atoms. The van der Waals surface area contributed by atoms with Gasteiger partial charge in [0.1, 0.15) is 11.6 Å². The van der Waals surface area contributed by atoms with Gasteiger partial charge in [-0.15, -0.1) is 0 Å². The molecule has 0 saturated heterocycles. The topological polar surface area (TPSA) is 72.0 Å². The van der Waals surface area contributed by atoms with E-state index < -0.39 is 0 Å². The maximum Gasteiger partial charge on any atom is 0.133 e. The summed E-state index contributed by atoms with van der Waals surface area (Å²) in [7, 11) is 0. The van der Waals surface area contributed by atoms with Gasteiger partial charge in [0.25, 0.3) is 0 Å². The minimum atomic E-state index is 0.0194. The molecular formula is C15H25N3O. The number of aryl methyl sites for hydroxylation is 2. The van der Waals surface area contributed by atoms with Crippen molar-refractivity contribution in [2.24, 2.45) is 5.73 Å². The number of nitrogens with one attached hydrogen (secondary N) is 1. The minimum absolute atomic E-state index is 0.0194. The second kappa shape index (κ2) is 7.77. The lowest BCUT2D eigenvalue weighted by molar-refractivity contribution is 0.303. The predicted molar refractivity (Wildman–Crippen MR) is 79.0 cm³/mol. The van der Waals surface area contributed by atoms with Gasteiger partial charge in [-0.3, -0.25) is 10.4 Å². The Labute approximate surface area is 115 Å². The molecule has 0 bridgehead atoms. The highest BCUT2D eigenvalue weighted by Gasteiger charge is 2.12. The Morgan fingerprint density at radius 3 is 2.58 bits per heavy atom. The van der Waals surface area contributed by atoms with Gasteiger partial charge in [0.2, 0.25) is 0 Å². The maximum absolute atomic E-state index is 7.62. The fraction of sp³-hybridized carbons (Fsp3) is 0.600. The number of hydrogen-bond acceptors (Lipinski definition) is 3. The summed E-state index contributed by atoms with van der Waals surface area (Å²) in [6, 6.07) is 1.86. The van der Waals surface area contributed by atoms with E-state index in [0.29, 0.717) is 17.9 Å². The Morgan fingerprint density at radius 2 is 1.95 bits per heavy atom. The Bertz CT molecular complexity index is 430. The first-order valence-corrected chi connectivity index (χ1v) is 7.01. The molecule has 0 aliphatic heterocycles. The molecule has 0 radical (unpaired) electrons. The van der Waals surface area contributed by atoms with Crippen molar-refractivity contribution < 1.29 is 4.74 Å². The van der Waals surface area contributed by atoms with Crippen molar-refractivity contribution in [3.63, 3.8) is 0 Å². The van der Waals surface area contributed by atoms with E-state index in [1.807, 2.05) is 19.9 Å². The lowest BCUT2D eigenvalue weighted by Crippen LogP contribution is -2.16. The second-order valence-electron chi connectivity index (χ2n) is 4.90. The molecule has 0 aliphatic rings. The van der Waals surface area contributed by atoms with Gasteiger partial charge in [-0.25, -0.2) is 0 Å². The summed E-state index contributed by atoms with van der Waals surface area (Å²) in [4.78, 5) is 4.32. The van der Waals surface area contributed by atoms with Gasteiger partial charge in [0.15, 0.2) is 0 Å². The van der Waals surface area contributed by atoms with Crippen LogP contribution in [0.5, 0.6) is 5.75 Å². The third-order valence-corrected chi connectivity index (χ3v) is 3.07. The zero-order valence-corrected chi connectivity index (χ0v) is 12.3. The number of hydrogen-bond donors (Lipinski definition) is 2. The van der Waals surface area contributed by atoms with Gasteiger partial charge in [0.05, 0.1) is 17.9 Å². The first-order chi connectivity index (χ1) is 9.06. The molecule has 106 valence electrons. The molecule has 4 heteroatoms. The van der Waals surface area contributed by atoms with Crippen LogP contribution >= 0.6 is 0 Å². The molecule has 1 aromatic heterocycles. The van der Waals surface area contributed by atoms with Crippen LogP contribution in [0.15, 0.2) is 6.07 Å². The predicted octanol–water partition coefficient (Wildman–Crippen LogP) is 3.33. The number of pyridine rings is 1. The van der Waals surface area contributed by atoms with E-state index >= 15 is 0 Å². The van der Waals surface area contributed by atoms with Crippen LogP contribution in [0, 0.1) is 19.3 Å². The standard InChI is InChI=1S/C15H25N3O/c1-4-5-6-7-8-9-19-13-10-11(2)18-12(3)14(13)15(16)17/h10H,4-9H2,1-3H3,(H3,16,17). The third-order valence-electron chi connectivity index (χ3n) is 3.07. The van der Waals surface area contributed by atoms with E-state index in [2.05, 4.69) is 11.9 Å². The van der Waals surface area contributed by atoms with Gasteiger partial charge < -0.3 is 10.5 Å². The minimum Gasteiger partial charge on any atom is -0.493 e. The molecule has 0 amide bonds. The van der Waals surface area contributed by atoms with E-state index in [-0.39, 0.29) is 5.84 Å². The SMILES string of the molecule is CCCCCCCOc1cc(C)nc(C)c1C(=N)N. The molecule has 0 saturated carbocycles. The molecule has 0 fully saturated rings. The third kappa shape index (κ3) is 4.89. The molecule has 1 aromatic rings. The van der Waals surface area contributed by atoms with Crippen LogP contribution in [0.1, 0.15) is 56.0 Å². The molecule has 0 unspecified atom stereocenters. The first kappa shape index (κ1) is 15.5. The van der Waals surface area contributed by atoms with Gasteiger partial charge in [-0.05, 0) is 20.3 Å². The monoisotopic (exact) mass is 263 g/mol. The second-order valence-corrected chi connectivity index (χ2v) is 4.90. The lowest BCUT2D eigenvalue weighted by Gasteiger charge is -2.13. The van der Waals surface area contributed by atoms with E-state index in [1.165, 1.54) is 25.7 Å². The summed E-state index contributed by atoms with van der Waals surface area (Å²) in [6.45, 7) is 6.66. The van der Waals surface area contributed by atoms with Crippen LogP contribution in [0.3, 0.4) is 0 Å². The molecule has 1 rings (SSSR count). The van der Waals surface area contributed by atoms with Crippen LogP contribution in [-0.2, 0) is 0 Å². The smallest absolute Gasteiger partial charge is 0.133 e. The maximum atomic E-state index is 7.62. The van der Waals surface area contributed by atoms with Crippen molar-refractivity contribution in [1.82, 2.24) is 4.98 Å². The average molecular weight is 263 g/mol. The molecule has 4 nitrogen and oxygen atoms in total. The van der Waals surface area contributed by atoms with Crippen LogP contribution in [0.25, 0.3) is 0 Å². The molecule has 3 N–H and O–H groups in total. The molecular weight excluding hydrogens is 238 g/mol. The molecule has 0 spiro atoms. The summed E-state index contributed by atoms with van der Waals surface area (Å²) in [6.07, 6.45) is 6.02. The van der Waals surface area contributed by atoms with Crippen molar-refractivity contribution in [1.29, 1.82) is 5.41 Å². The summed E-state index contributed by atoms with van der Waals surface area (Å²) in [5.74, 6) is 0.707. The number of nitrogen functional groups attached to an aromatic ring is 1. The summed E-state index contributed by atoms with van der Waals surface area (Å²) in [5, 5.41) is 7.62. The Balaban J connectivity index is 2.59. The van der Waals surface area contributed by atoms with Crippen molar-refractivity contribution in [3.8, 4) is 5.75 Å². The number of ether oxygens (including phenoxy) is 1. The van der Waals surface area contributed by atoms with E-state index in [9.17, 15) is 0 Å². The van der Waals surface area contributed by atoms with Crippen LogP contribution < -0.4 is 10.5 Å². The molecule has 0 aromatic carbocycles. The fourth-order valence-corrected chi connectivity index (χ4v) is 2.12. The normalized spacial score (nSPS) is 10.5. The van der Waals surface area contributed by atoms with Crippen molar-refractivity contribution in [2.75, 3.05) is 6.61 Å². The molecule has 0 aliphatic carbocycles. The number of rotatable bonds is 8. The van der Waals surface area contributed by atoms with Crippen LogP contribution in [0.2, 0.25) is 0 Å². The number of nitrogens with two attached hydrogens (primary N) is 1. The summed E-state index contributed by atoms with van der Waals surface area (Å²) in [5.41, 5.74) is 7.87. The van der Waals surface area contributed by atoms with E-state index in [0.717, 1.165) is 17.8 Å². The quantitative estimate of drug-likeness (QED) is 0.429. The Kier molecular flexibility index (Phi) is 6.33. The van der Waals surface area contributed by atoms with Crippen LogP contribution in [-0.4, -0.2) is 17.4 Å². The summed E-state index contributed by atoms with van der Waals surface area (Å²) < 4.78 is 5.78. The Morgan fingerprint density at radius 1 is 1.26 bits per heavy atom. The van der Waals surface area contributed by atoms with Crippen LogP contribution in [0.4, 0.5) is 0 Å². The number of aromatic nitrogens is 1.